The zero-order valence-electron chi connectivity index (χ0n) is 7.22. The first kappa shape index (κ1) is 8.06. The van der Waals surface area contributed by atoms with Gasteiger partial charge in [0.05, 0.1) is 5.60 Å². The fourth-order valence-corrected chi connectivity index (χ4v) is 1.46. The Morgan fingerprint density at radius 1 is 1.40 bits per heavy atom. The van der Waals surface area contributed by atoms with E-state index in [0.29, 0.717) is 11.8 Å². The van der Waals surface area contributed by atoms with E-state index in [-0.39, 0.29) is 0 Å². The number of aliphatic hydroxyl groups is 1. The van der Waals surface area contributed by atoms with Crippen molar-refractivity contribution in [1.82, 2.24) is 0 Å². The Kier molecular flexibility index (Phi) is 2.04. The predicted octanol–water partition coefficient (Wildman–Crippen LogP) is 2.19. The first-order valence-corrected chi connectivity index (χ1v) is 4.27. The first-order chi connectivity index (χ1) is 4.55. The predicted molar refractivity (Wildman–Crippen MR) is 42.8 cm³/mol. The van der Waals surface area contributed by atoms with Crippen molar-refractivity contribution in [2.24, 2.45) is 11.8 Å². The molecule has 1 fully saturated rings. The Hall–Kier alpha value is -0.0400. The third kappa shape index (κ3) is 1.20. The molecule has 60 valence electrons. The van der Waals surface area contributed by atoms with Crippen LogP contribution in [0.3, 0.4) is 0 Å². The van der Waals surface area contributed by atoms with Gasteiger partial charge in [-0.25, -0.2) is 0 Å². The lowest BCUT2D eigenvalue weighted by Crippen LogP contribution is -2.43. The van der Waals surface area contributed by atoms with Crippen LogP contribution in [0.1, 0.15) is 40.0 Å². The van der Waals surface area contributed by atoms with Crippen LogP contribution in [0.15, 0.2) is 0 Å². The molecule has 1 aliphatic carbocycles. The van der Waals surface area contributed by atoms with Crippen molar-refractivity contribution in [3.05, 3.63) is 0 Å². The van der Waals surface area contributed by atoms with Crippen molar-refractivity contribution in [1.29, 1.82) is 0 Å². The van der Waals surface area contributed by atoms with Gasteiger partial charge in [0.25, 0.3) is 0 Å². The third-order valence-electron chi connectivity index (χ3n) is 3.10. The Balaban J connectivity index is 2.48. The molecule has 1 saturated carbocycles. The van der Waals surface area contributed by atoms with Gasteiger partial charge in [-0.1, -0.05) is 20.3 Å². The molecule has 0 spiro atoms. The second-order valence-corrected chi connectivity index (χ2v) is 4.01. The van der Waals surface area contributed by atoms with Crippen LogP contribution in [0.25, 0.3) is 0 Å². The average molecular weight is 142 g/mol. The molecule has 1 heteroatoms. The van der Waals surface area contributed by atoms with Crippen LogP contribution in [-0.4, -0.2) is 10.7 Å². The van der Waals surface area contributed by atoms with Crippen molar-refractivity contribution >= 4 is 0 Å². The first-order valence-electron chi connectivity index (χ1n) is 4.27. The molecular formula is C9H18O. The maximum Gasteiger partial charge on any atom is 0.0670 e. The fraction of sp³-hybridized carbons (Fsp3) is 1.00. The minimum Gasteiger partial charge on any atom is -0.390 e. The molecule has 0 amide bonds. The molecule has 0 aliphatic heterocycles. The van der Waals surface area contributed by atoms with Gasteiger partial charge in [-0.3, -0.25) is 0 Å². The van der Waals surface area contributed by atoms with Crippen LogP contribution in [-0.2, 0) is 0 Å². The molecule has 10 heavy (non-hydrogen) atoms. The zero-order valence-corrected chi connectivity index (χ0v) is 7.22. The summed E-state index contributed by atoms with van der Waals surface area (Å²) in [5.74, 6) is 0.977. The SMILES string of the molecule is CC(C)C(C)(O)C1CCC1. The molecule has 0 heterocycles. The molecule has 0 aromatic rings. The number of hydrogen-bond acceptors (Lipinski definition) is 1. The lowest BCUT2D eigenvalue weighted by atomic mass is 9.69. The Labute approximate surface area is 63.4 Å². The second-order valence-electron chi connectivity index (χ2n) is 4.01. The summed E-state index contributed by atoms with van der Waals surface area (Å²) in [6, 6.07) is 0. The largest absolute Gasteiger partial charge is 0.390 e. The smallest absolute Gasteiger partial charge is 0.0670 e. The van der Waals surface area contributed by atoms with Gasteiger partial charge in [0.2, 0.25) is 0 Å². The topological polar surface area (TPSA) is 20.2 Å². The third-order valence-corrected chi connectivity index (χ3v) is 3.10. The van der Waals surface area contributed by atoms with Gasteiger partial charge in [0.1, 0.15) is 0 Å². The zero-order chi connectivity index (χ0) is 7.78. The highest BCUT2D eigenvalue weighted by molar-refractivity contribution is 4.89. The lowest BCUT2D eigenvalue weighted by Gasteiger charge is -2.41. The van der Waals surface area contributed by atoms with Gasteiger partial charge in [-0.15, -0.1) is 0 Å². The van der Waals surface area contributed by atoms with E-state index in [4.69, 9.17) is 0 Å². The maximum atomic E-state index is 9.91. The molecule has 1 rings (SSSR count). The highest BCUT2D eigenvalue weighted by Gasteiger charge is 2.38. The highest BCUT2D eigenvalue weighted by atomic mass is 16.3. The van der Waals surface area contributed by atoms with Crippen molar-refractivity contribution in [2.45, 2.75) is 45.6 Å². The molecule has 1 unspecified atom stereocenters. The second kappa shape index (κ2) is 2.54. The summed E-state index contributed by atoms with van der Waals surface area (Å²) in [7, 11) is 0. The molecular weight excluding hydrogens is 124 g/mol. The molecule has 1 atom stereocenters. The van der Waals surface area contributed by atoms with Gasteiger partial charge in [-0.2, -0.15) is 0 Å². The Morgan fingerprint density at radius 2 is 1.90 bits per heavy atom. The minimum absolute atomic E-state index is 0.401. The highest BCUT2D eigenvalue weighted by Crippen LogP contribution is 2.39. The number of hydrogen-bond donors (Lipinski definition) is 1. The molecule has 1 aliphatic rings. The van der Waals surface area contributed by atoms with Gasteiger partial charge in [-0.05, 0) is 31.6 Å². The molecule has 0 saturated heterocycles. The summed E-state index contributed by atoms with van der Waals surface area (Å²) in [6.07, 6.45) is 3.77. The lowest BCUT2D eigenvalue weighted by molar-refractivity contribution is -0.0703. The summed E-state index contributed by atoms with van der Waals surface area (Å²) in [4.78, 5) is 0. The van der Waals surface area contributed by atoms with Crippen LogP contribution in [0, 0.1) is 11.8 Å². The summed E-state index contributed by atoms with van der Waals surface area (Å²) in [6.45, 7) is 6.16. The van der Waals surface area contributed by atoms with Gasteiger partial charge in [0.15, 0.2) is 0 Å². The molecule has 0 aromatic heterocycles. The van der Waals surface area contributed by atoms with E-state index in [2.05, 4.69) is 13.8 Å². The summed E-state index contributed by atoms with van der Waals surface area (Å²) in [5.41, 5.74) is -0.405. The Morgan fingerprint density at radius 3 is 2.00 bits per heavy atom. The standard InChI is InChI=1S/C9H18O/c1-7(2)9(3,10)8-5-4-6-8/h7-8,10H,4-6H2,1-3H3. The summed E-state index contributed by atoms with van der Waals surface area (Å²) in [5, 5.41) is 9.91. The van der Waals surface area contributed by atoms with E-state index >= 15 is 0 Å². The van der Waals surface area contributed by atoms with E-state index in [1.165, 1.54) is 19.3 Å². The van der Waals surface area contributed by atoms with Crippen LogP contribution in [0.4, 0.5) is 0 Å². The van der Waals surface area contributed by atoms with Crippen molar-refractivity contribution in [2.75, 3.05) is 0 Å². The molecule has 0 aromatic carbocycles. The van der Waals surface area contributed by atoms with Gasteiger partial charge in [0, 0.05) is 0 Å². The summed E-state index contributed by atoms with van der Waals surface area (Å²) >= 11 is 0. The molecule has 1 nitrogen and oxygen atoms in total. The molecule has 1 N–H and O–H groups in total. The molecule has 0 radical (unpaired) electrons. The monoisotopic (exact) mass is 142 g/mol. The number of rotatable bonds is 2. The average Bonchev–Trinajstić information content (AvgIpc) is 1.57. The van der Waals surface area contributed by atoms with Crippen molar-refractivity contribution in [3.63, 3.8) is 0 Å². The fourth-order valence-electron chi connectivity index (χ4n) is 1.46. The quantitative estimate of drug-likeness (QED) is 0.626. The van der Waals surface area contributed by atoms with E-state index in [0.717, 1.165) is 0 Å². The minimum atomic E-state index is -0.405. The van der Waals surface area contributed by atoms with E-state index in [1.54, 1.807) is 0 Å². The van der Waals surface area contributed by atoms with Crippen molar-refractivity contribution in [3.8, 4) is 0 Å². The van der Waals surface area contributed by atoms with E-state index in [1.807, 2.05) is 6.92 Å². The summed E-state index contributed by atoms with van der Waals surface area (Å²) < 4.78 is 0. The Bertz CT molecular complexity index is 112. The van der Waals surface area contributed by atoms with Crippen LogP contribution in [0.5, 0.6) is 0 Å². The van der Waals surface area contributed by atoms with E-state index in [9.17, 15) is 5.11 Å². The van der Waals surface area contributed by atoms with E-state index < -0.39 is 5.60 Å². The van der Waals surface area contributed by atoms with Crippen LogP contribution >= 0.6 is 0 Å². The van der Waals surface area contributed by atoms with Crippen molar-refractivity contribution < 1.29 is 5.11 Å². The van der Waals surface area contributed by atoms with Crippen LogP contribution in [0.2, 0.25) is 0 Å². The normalized spacial score (nSPS) is 26.1. The molecule has 0 bridgehead atoms. The van der Waals surface area contributed by atoms with Gasteiger partial charge >= 0.3 is 0 Å². The van der Waals surface area contributed by atoms with Gasteiger partial charge < -0.3 is 5.11 Å². The maximum absolute atomic E-state index is 9.91. The van der Waals surface area contributed by atoms with Crippen LogP contribution < -0.4 is 0 Å².